The number of furan rings is 1. The molecule has 0 amide bonds. The summed E-state index contributed by atoms with van der Waals surface area (Å²) < 4.78 is 7.03. The average molecular weight is 1080 g/mol. The van der Waals surface area contributed by atoms with E-state index in [2.05, 4.69) is 277 Å². The first kappa shape index (κ1) is 53.3. The summed E-state index contributed by atoms with van der Waals surface area (Å²) in [6.45, 7) is 36.2. The molecular formula is C72H74N2OS2Si. The second-order valence-corrected chi connectivity index (χ2v) is 33.1. The Bertz CT molecular complexity index is 3900. The summed E-state index contributed by atoms with van der Waals surface area (Å²) in [5.74, 6) is 0. The minimum Gasteiger partial charge on any atom is -0.456 e. The largest absolute Gasteiger partial charge is 0.456 e. The van der Waals surface area contributed by atoms with Crippen LogP contribution < -0.4 is 20.2 Å². The molecule has 1 aromatic heterocycles. The molecule has 0 atom stereocenters. The van der Waals surface area contributed by atoms with Gasteiger partial charge in [-0.25, -0.2) is 0 Å². The topological polar surface area (TPSA) is 19.6 Å². The highest BCUT2D eigenvalue weighted by molar-refractivity contribution is 8.60. The Morgan fingerprint density at radius 1 is 0.308 bits per heavy atom. The van der Waals surface area contributed by atoms with E-state index in [0.717, 1.165) is 11.2 Å². The molecule has 0 radical (unpaired) electrons. The van der Waals surface area contributed by atoms with Gasteiger partial charge in [0, 0.05) is 10.8 Å². The van der Waals surface area contributed by atoms with E-state index in [1.165, 1.54) is 178 Å². The summed E-state index contributed by atoms with van der Waals surface area (Å²) in [4.78, 5) is 5.14. The number of nitrogens with zero attached hydrogens (tertiary/aromatic N) is 2. The van der Waals surface area contributed by atoms with Crippen LogP contribution in [-0.2, 0) is 0 Å². The highest BCUT2D eigenvalue weighted by Crippen LogP contribution is 2.50. The van der Waals surface area contributed by atoms with E-state index in [1.807, 2.05) is 0 Å². The van der Waals surface area contributed by atoms with Crippen LogP contribution >= 0.6 is 22.4 Å². The average Bonchev–Trinajstić information content (AvgIpc) is 3.81. The SMILES string of the molecule is CS[Si]1(SC)c2cc(-c3cc(C)c(N(c4c(C)cc(C)cc4C)c4c(C)cc(C)cc4C)c(C)c3)ccc2-c2cccc3oc4cc(-c5cc(C)c(N(c6c(C)cc(C)cc6C)c6c(C)cc(C)cc6C)c(C)c5)cc1c4c23. The third-order valence-electron chi connectivity index (χ3n) is 16.7. The fourth-order valence-electron chi connectivity index (χ4n) is 14.2. The Morgan fingerprint density at radius 3 is 1.01 bits per heavy atom. The fourth-order valence-corrected chi connectivity index (χ4v) is 24.0. The van der Waals surface area contributed by atoms with Crippen molar-refractivity contribution >= 4 is 95.2 Å². The van der Waals surface area contributed by atoms with Crippen molar-refractivity contribution in [2.45, 2.75) is 111 Å². The van der Waals surface area contributed by atoms with E-state index in [0.29, 0.717) is 0 Å². The van der Waals surface area contributed by atoms with Gasteiger partial charge in [-0.2, -0.15) is 22.4 Å². The van der Waals surface area contributed by atoms with Gasteiger partial charge in [0.15, 0.2) is 0 Å². The number of hydrogen-bond acceptors (Lipinski definition) is 5. The Kier molecular flexibility index (Phi) is 13.6. The molecule has 0 spiro atoms. The minimum absolute atomic E-state index is 0.943. The normalized spacial score (nSPS) is 12.7. The van der Waals surface area contributed by atoms with Crippen molar-refractivity contribution in [2.75, 3.05) is 22.3 Å². The predicted molar refractivity (Wildman–Crippen MR) is 347 cm³/mol. The fraction of sp³-hybridized carbons (Fsp3) is 0.250. The van der Waals surface area contributed by atoms with Crippen molar-refractivity contribution in [2.24, 2.45) is 0 Å². The van der Waals surface area contributed by atoms with E-state index in [1.54, 1.807) is 0 Å². The standard InChI is InChI=1S/C72H74N2OS2Si/c1-39-24-43(5)67(44(6)25-39)73(68-45(7)26-40(2)27-46(68)8)71-51(13)32-56(33-52(71)14)55-22-23-59-60-20-19-21-61-65(60)66-62(75-61)36-58(38-64(66)78(76-17,77-18)63(59)37-55)57-34-53(15)72(54(16)35-57)74(69-47(9)28-41(3)29-48(69)10)70-49(11)30-42(4)31-50(70)12/h19-38H,1-18H3. The van der Waals surface area contributed by atoms with E-state index >= 15 is 0 Å². The zero-order valence-corrected chi connectivity index (χ0v) is 51.8. The van der Waals surface area contributed by atoms with Gasteiger partial charge in [0.05, 0.1) is 34.1 Å². The maximum Gasteiger partial charge on any atom is 0.240 e. The van der Waals surface area contributed by atoms with Crippen molar-refractivity contribution < 1.29 is 4.42 Å². The molecule has 394 valence electrons. The van der Waals surface area contributed by atoms with Crippen molar-refractivity contribution in [1.29, 1.82) is 0 Å². The third-order valence-corrected chi connectivity index (χ3v) is 29.2. The van der Waals surface area contributed by atoms with Gasteiger partial charge >= 0.3 is 0 Å². The predicted octanol–water partition coefficient (Wildman–Crippen LogP) is 20.1. The van der Waals surface area contributed by atoms with Gasteiger partial charge in [-0.05, 0) is 270 Å². The van der Waals surface area contributed by atoms with E-state index < -0.39 is 6.37 Å². The molecule has 2 heterocycles. The molecule has 0 N–H and O–H groups in total. The monoisotopic (exact) mass is 1070 g/mol. The number of rotatable bonds is 10. The maximum absolute atomic E-state index is 7.03. The lowest BCUT2D eigenvalue weighted by atomic mass is 9.93. The van der Waals surface area contributed by atoms with Gasteiger partial charge in [-0.3, -0.25) is 0 Å². The first-order valence-corrected chi connectivity index (χ1v) is 33.4. The van der Waals surface area contributed by atoms with E-state index in [9.17, 15) is 0 Å². The zero-order valence-electron chi connectivity index (χ0n) is 49.2. The maximum atomic E-state index is 7.03. The number of aryl methyl sites for hydroxylation is 16. The van der Waals surface area contributed by atoms with Gasteiger partial charge < -0.3 is 14.2 Å². The summed E-state index contributed by atoms with van der Waals surface area (Å²) in [7, 11) is 0. The minimum atomic E-state index is -2.67. The van der Waals surface area contributed by atoms with Crippen molar-refractivity contribution in [3.05, 3.63) is 210 Å². The van der Waals surface area contributed by atoms with Gasteiger partial charge in [0.1, 0.15) is 11.2 Å². The molecule has 0 saturated carbocycles. The second-order valence-electron chi connectivity index (χ2n) is 23.0. The smallest absolute Gasteiger partial charge is 0.240 e. The lowest BCUT2D eigenvalue weighted by Gasteiger charge is -2.34. The Morgan fingerprint density at radius 2 is 0.641 bits per heavy atom. The Hall–Kier alpha value is -6.70. The van der Waals surface area contributed by atoms with E-state index in [-0.39, 0.29) is 0 Å². The van der Waals surface area contributed by atoms with Crippen LogP contribution in [0.15, 0.2) is 126 Å². The van der Waals surface area contributed by atoms with Crippen LogP contribution in [0.3, 0.4) is 0 Å². The highest BCUT2D eigenvalue weighted by Gasteiger charge is 2.44. The second kappa shape index (κ2) is 19.9. The van der Waals surface area contributed by atoms with Gasteiger partial charge in [-0.1, -0.05) is 107 Å². The van der Waals surface area contributed by atoms with Crippen LogP contribution in [0.25, 0.3) is 55.3 Å². The van der Waals surface area contributed by atoms with Crippen LogP contribution in [-0.4, -0.2) is 18.9 Å². The molecule has 0 saturated heterocycles. The highest BCUT2D eigenvalue weighted by atomic mass is 32.6. The summed E-state index contributed by atoms with van der Waals surface area (Å²) in [5.41, 5.74) is 37.2. The van der Waals surface area contributed by atoms with Crippen LogP contribution in [0.2, 0.25) is 0 Å². The summed E-state index contributed by atoms with van der Waals surface area (Å²) in [6, 6.07) is 47.3. The van der Waals surface area contributed by atoms with Crippen molar-refractivity contribution in [3.63, 3.8) is 0 Å². The Labute approximate surface area is 473 Å². The summed E-state index contributed by atoms with van der Waals surface area (Å²) in [5, 5.41) is 5.36. The molecule has 10 aromatic rings. The quantitative estimate of drug-likeness (QED) is 0.127. The van der Waals surface area contributed by atoms with Gasteiger partial charge in [-0.15, -0.1) is 0 Å². The molecule has 1 aliphatic rings. The number of fused-ring (bicyclic) bond motifs is 2. The molecule has 3 nitrogen and oxygen atoms in total. The molecule has 11 rings (SSSR count). The van der Waals surface area contributed by atoms with Crippen LogP contribution in [0.1, 0.15) is 89.0 Å². The molecule has 78 heavy (non-hydrogen) atoms. The molecule has 0 fully saturated rings. The summed E-state index contributed by atoms with van der Waals surface area (Å²) in [6.07, 6.45) is 2.04. The number of benzene rings is 9. The molecule has 0 bridgehead atoms. The van der Waals surface area contributed by atoms with Crippen LogP contribution in [0, 0.1) is 111 Å². The first-order chi connectivity index (χ1) is 37.1. The molecule has 0 aliphatic carbocycles. The van der Waals surface area contributed by atoms with E-state index in [4.69, 9.17) is 4.42 Å². The molecule has 6 heteroatoms. The van der Waals surface area contributed by atoms with Crippen LogP contribution in [0.5, 0.6) is 0 Å². The van der Waals surface area contributed by atoms with Gasteiger partial charge in [0.2, 0.25) is 6.37 Å². The molecule has 9 aromatic carbocycles. The third kappa shape index (κ3) is 8.56. The first-order valence-electron chi connectivity index (χ1n) is 27.5. The molecular weight excluding hydrogens is 1000 g/mol. The lowest BCUT2D eigenvalue weighted by molar-refractivity contribution is 0.669. The zero-order chi connectivity index (χ0) is 55.5. The van der Waals surface area contributed by atoms with Gasteiger partial charge in [0.25, 0.3) is 0 Å². The summed E-state index contributed by atoms with van der Waals surface area (Å²) >= 11 is 4.13. The molecule has 0 unspecified atom stereocenters. The molecule has 1 aliphatic heterocycles. The van der Waals surface area contributed by atoms with Crippen LogP contribution in [0.4, 0.5) is 34.1 Å². The number of anilines is 6. The van der Waals surface area contributed by atoms with Crippen molar-refractivity contribution in [1.82, 2.24) is 0 Å². The van der Waals surface area contributed by atoms with Crippen molar-refractivity contribution in [3.8, 4) is 33.4 Å². The number of hydrogen-bond donors (Lipinski definition) is 0. The Balaban J connectivity index is 1.09. The lowest BCUT2D eigenvalue weighted by Crippen LogP contribution is -2.53.